The molecule has 134 valence electrons. The van der Waals surface area contributed by atoms with E-state index < -0.39 is 5.97 Å². The van der Waals surface area contributed by atoms with Crippen molar-refractivity contribution in [3.8, 4) is 0 Å². The molecule has 1 aliphatic rings. The fraction of sp³-hybridized carbons (Fsp3) is 0.238. The second-order valence-electron chi connectivity index (χ2n) is 6.31. The lowest BCUT2D eigenvalue weighted by molar-refractivity contribution is -0.111. The molecule has 3 rings (SSSR count). The zero-order valence-corrected chi connectivity index (χ0v) is 14.5. The van der Waals surface area contributed by atoms with E-state index in [1.165, 1.54) is 37.1 Å². The number of carboxylic acid groups (broad SMARTS) is 1. The number of amides is 1. The third kappa shape index (κ3) is 4.51. The summed E-state index contributed by atoms with van der Waals surface area (Å²) in [5.74, 6) is -1.43. The zero-order valence-electron chi connectivity index (χ0n) is 14.5. The minimum Gasteiger partial charge on any atom is -0.478 e. The van der Waals surface area contributed by atoms with Gasteiger partial charge in [0.25, 0.3) is 0 Å². The molecule has 0 unspecified atom stereocenters. The molecule has 1 amide bonds. The first-order valence-corrected chi connectivity index (χ1v) is 8.80. The van der Waals surface area contributed by atoms with Crippen molar-refractivity contribution in [2.24, 2.45) is 0 Å². The molecule has 0 saturated carbocycles. The van der Waals surface area contributed by atoms with Gasteiger partial charge in [0.1, 0.15) is 0 Å². The van der Waals surface area contributed by atoms with Gasteiger partial charge in [0.15, 0.2) is 0 Å². The number of hydrogen-bond acceptors (Lipinski definition) is 3. The fourth-order valence-corrected chi connectivity index (χ4v) is 3.07. The molecule has 1 fully saturated rings. The Hall–Kier alpha value is -3.08. The number of nitrogens with one attached hydrogen (secondary N) is 1. The second-order valence-corrected chi connectivity index (χ2v) is 6.31. The minimum absolute atomic E-state index is 0.0696. The van der Waals surface area contributed by atoms with Crippen LogP contribution < -0.4 is 10.2 Å². The first-order valence-electron chi connectivity index (χ1n) is 8.80. The number of piperidine rings is 1. The second kappa shape index (κ2) is 8.34. The Morgan fingerprint density at radius 2 is 1.65 bits per heavy atom. The highest BCUT2D eigenvalue weighted by molar-refractivity contribution is 6.06. The smallest absolute Gasteiger partial charge is 0.337 e. The number of para-hydroxylation sites is 1. The molecule has 2 aromatic rings. The zero-order chi connectivity index (χ0) is 18.4. The van der Waals surface area contributed by atoms with Gasteiger partial charge >= 0.3 is 5.97 Å². The molecule has 5 heteroatoms. The maximum absolute atomic E-state index is 12.1. The molecule has 26 heavy (non-hydrogen) atoms. The van der Waals surface area contributed by atoms with Crippen molar-refractivity contribution in [2.75, 3.05) is 23.3 Å². The van der Waals surface area contributed by atoms with Crippen LogP contribution in [0, 0.1) is 0 Å². The largest absolute Gasteiger partial charge is 0.478 e. The molecule has 0 radical (unpaired) electrons. The Kier molecular flexibility index (Phi) is 5.69. The number of nitrogens with zero attached hydrogens (tertiary/aromatic N) is 1. The lowest BCUT2D eigenvalue weighted by Crippen LogP contribution is -2.29. The summed E-state index contributed by atoms with van der Waals surface area (Å²) >= 11 is 0. The standard InChI is InChI=1S/C21H22N2O3/c24-20(22-19-7-3-2-6-18(19)21(25)26)13-10-16-8-11-17(12-9-16)23-14-4-1-5-15-23/h2-3,6-13H,1,4-5,14-15H2,(H,22,24)(H,25,26). The molecule has 0 aliphatic carbocycles. The number of benzene rings is 2. The van der Waals surface area contributed by atoms with Gasteiger partial charge in [-0.15, -0.1) is 0 Å². The van der Waals surface area contributed by atoms with Gasteiger partial charge in [-0.05, 0) is 55.2 Å². The van der Waals surface area contributed by atoms with Crippen LogP contribution in [0.5, 0.6) is 0 Å². The molecular formula is C21H22N2O3. The Bertz CT molecular complexity index is 806. The highest BCUT2D eigenvalue weighted by atomic mass is 16.4. The first-order chi connectivity index (χ1) is 12.6. The molecular weight excluding hydrogens is 328 g/mol. The third-order valence-corrected chi connectivity index (χ3v) is 4.46. The van der Waals surface area contributed by atoms with Gasteiger partial charge in [-0.1, -0.05) is 24.3 Å². The van der Waals surface area contributed by atoms with Gasteiger partial charge < -0.3 is 15.3 Å². The van der Waals surface area contributed by atoms with E-state index in [0.29, 0.717) is 0 Å². The normalized spacial score (nSPS) is 14.4. The van der Waals surface area contributed by atoms with Crippen LogP contribution in [0.3, 0.4) is 0 Å². The van der Waals surface area contributed by atoms with Crippen molar-refractivity contribution in [3.63, 3.8) is 0 Å². The Labute approximate surface area is 153 Å². The number of anilines is 2. The molecule has 1 heterocycles. The first kappa shape index (κ1) is 17.7. The Morgan fingerprint density at radius 3 is 2.35 bits per heavy atom. The Balaban J connectivity index is 1.62. The van der Waals surface area contributed by atoms with Gasteiger partial charge in [-0.25, -0.2) is 4.79 Å². The van der Waals surface area contributed by atoms with Crippen molar-refractivity contribution in [1.29, 1.82) is 0 Å². The molecule has 0 spiro atoms. The van der Waals surface area contributed by atoms with E-state index in [1.54, 1.807) is 24.3 Å². The van der Waals surface area contributed by atoms with Crippen molar-refractivity contribution >= 4 is 29.3 Å². The summed E-state index contributed by atoms with van der Waals surface area (Å²) in [6, 6.07) is 14.5. The van der Waals surface area contributed by atoms with Crippen molar-refractivity contribution in [3.05, 3.63) is 65.7 Å². The monoisotopic (exact) mass is 350 g/mol. The topological polar surface area (TPSA) is 69.6 Å². The SMILES string of the molecule is O=C(C=Cc1ccc(N2CCCCC2)cc1)Nc1ccccc1C(=O)O. The molecule has 1 saturated heterocycles. The number of hydrogen-bond donors (Lipinski definition) is 2. The van der Waals surface area contributed by atoms with Crippen molar-refractivity contribution in [1.82, 2.24) is 0 Å². The summed E-state index contributed by atoms with van der Waals surface area (Å²) in [6.07, 6.45) is 6.91. The Morgan fingerprint density at radius 1 is 0.962 bits per heavy atom. The minimum atomic E-state index is -1.07. The van der Waals surface area contributed by atoms with Gasteiger partial charge in [0.2, 0.25) is 5.91 Å². The molecule has 2 N–H and O–H groups in total. The molecule has 0 atom stereocenters. The summed E-state index contributed by atoms with van der Waals surface area (Å²) in [4.78, 5) is 25.6. The van der Waals surface area contributed by atoms with Crippen LogP contribution in [-0.4, -0.2) is 30.1 Å². The highest BCUT2D eigenvalue weighted by Gasteiger charge is 2.11. The van der Waals surface area contributed by atoms with Crippen LogP contribution in [0.4, 0.5) is 11.4 Å². The molecule has 2 aromatic carbocycles. The average Bonchev–Trinajstić information content (AvgIpc) is 2.68. The van der Waals surface area contributed by atoms with E-state index in [2.05, 4.69) is 22.3 Å². The van der Waals surface area contributed by atoms with Crippen LogP contribution in [-0.2, 0) is 4.79 Å². The maximum atomic E-state index is 12.1. The summed E-state index contributed by atoms with van der Waals surface area (Å²) in [5.41, 5.74) is 2.49. The number of rotatable bonds is 5. The predicted octanol–water partition coefficient (Wildman–Crippen LogP) is 4.03. The molecule has 1 aliphatic heterocycles. The molecule has 0 bridgehead atoms. The summed E-state index contributed by atoms with van der Waals surface area (Å²) in [7, 11) is 0. The van der Waals surface area contributed by atoms with E-state index in [4.69, 9.17) is 5.11 Å². The number of carbonyl (C=O) groups excluding carboxylic acids is 1. The van der Waals surface area contributed by atoms with Crippen LogP contribution in [0.1, 0.15) is 35.2 Å². The number of carboxylic acids is 1. The number of carbonyl (C=O) groups is 2. The van der Waals surface area contributed by atoms with Crippen LogP contribution >= 0.6 is 0 Å². The third-order valence-electron chi connectivity index (χ3n) is 4.46. The maximum Gasteiger partial charge on any atom is 0.337 e. The van der Waals surface area contributed by atoms with Gasteiger partial charge in [-0.3, -0.25) is 4.79 Å². The van der Waals surface area contributed by atoms with Crippen molar-refractivity contribution < 1.29 is 14.7 Å². The summed E-state index contributed by atoms with van der Waals surface area (Å²) < 4.78 is 0. The van der Waals surface area contributed by atoms with Crippen molar-refractivity contribution in [2.45, 2.75) is 19.3 Å². The lowest BCUT2D eigenvalue weighted by atomic mass is 10.1. The quantitative estimate of drug-likeness (QED) is 0.799. The average molecular weight is 350 g/mol. The van der Waals surface area contributed by atoms with Crippen LogP contribution in [0.15, 0.2) is 54.6 Å². The highest BCUT2D eigenvalue weighted by Crippen LogP contribution is 2.20. The van der Waals surface area contributed by atoms with E-state index in [0.717, 1.165) is 18.7 Å². The molecule has 0 aromatic heterocycles. The van der Waals surface area contributed by atoms with E-state index in [1.807, 2.05) is 12.1 Å². The summed E-state index contributed by atoms with van der Waals surface area (Å²) in [6.45, 7) is 2.20. The fourth-order valence-electron chi connectivity index (χ4n) is 3.07. The van der Waals surface area contributed by atoms with E-state index in [-0.39, 0.29) is 17.2 Å². The lowest BCUT2D eigenvalue weighted by Gasteiger charge is -2.28. The van der Waals surface area contributed by atoms with E-state index >= 15 is 0 Å². The van der Waals surface area contributed by atoms with Gasteiger partial charge in [0.05, 0.1) is 11.3 Å². The molecule has 5 nitrogen and oxygen atoms in total. The predicted molar refractivity (Wildman–Crippen MR) is 104 cm³/mol. The van der Waals surface area contributed by atoms with Gasteiger partial charge in [0, 0.05) is 24.9 Å². The van der Waals surface area contributed by atoms with Crippen LogP contribution in [0.2, 0.25) is 0 Å². The van der Waals surface area contributed by atoms with Crippen LogP contribution in [0.25, 0.3) is 6.08 Å². The summed E-state index contributed by atoms with van der Waals surface area (Å²) in [5, 5.41) is 11.8. The van der Waals surface area contributed by atoms with Gasteiger partial charge in [-0.2, -0.15) is 0 Å². The number of aromatic carboxylic acids is 1. The van der Waals surface area contributed by atoms with E-state index in [9.17, 15) is 9.59 Å².